The quantitative estimate of drug-likeness (QED) is 0.735. The van der Waals surface area contributed by atoms with Gasteiger partial charge in [0.05, 0.1) is 18.7 Å². The van der Waals surface area contributed by atoms with Crippen LogP contribution >= 0.6 is 12.4 Å². The van der Waals surface area contributed by atoms with Crippen molar-refractivity contribution in [2.45, 2.75) is 26.4 Å². The Bertz CT molecular complexity index is 671. The van der Waals surface area contributed by atoms with Gasteiger partial charge in [-0.2, -0.15) is 0 Å². The SMILES string of the molecule is CCOC(=O)c1coc(CNCc2ccc(OC(F)(F)F)cc2)c1.Cl. The molecule has 2 rings (SSSR count). The molecule has 0 aliphatic rings. The van der Waals surface area contributed by atoms with Crippen molar-refractivity contribution in [2.24, 2.45) is 0 Å². The summed E-state index contributed by atoms with van der Waals surface area (Å²) in [6.45, 7) is 2.78. The molecule has 1 N–H and O–H groups in total. The van der Waals surface area contributed by atoms with Crippen LogP contribution in [0.15, 0.2) is 41.0 Å². The number of ether oxygens (including phenoxy) is 2. The summed E-state index contributed by atoms with van der Waals surface area (Å²) in [4.78, 5) is 11.5. The summed E-state index contributed by atoms with van der Waals surface area (Å²) in [5, 5.41) is 3.06. The van der Waals surface area contributed by atoms with Crippen LogP contribution in [0.3, 0.4) is 0 Å². The zero-order chi connectivity index (χ0) is 17.6. The molecule has 0 atom stereocenters. The highest BCUT2D eigenvalue weighted by Gasteiger charge is 2.30. The number of carbonyl (C=O) groups excluding carboxylic acids is 1. The number of furan rings is 1. The highest BCUT2D eigenvalue weighted by Crippen LogP contribution is 2.22. The maximum atomic E-state index is 12.1. The van der Waals surface area contributed by atoms with Crippen LogP contribution in [0.4, 0.5) is 13.2 Å². The summed E-state index contributed by atoms with van der Waals surface area (Å²) in [7, 11) is 0. The third-order valence-corrected chi connectivity index (χ3v) is 2.95. The van der Waals surface area contributed by atoms with Crippen molar-refractivity contribution in [3.63, 3.8) is 0 Å². The lowest BCUT2D eigenvalue weighted by Gasteiger charge is -2.09. The molecule has 25 heavy (non-hydrogen) atoms. The molecule has 1 aromatic heterocycles. The van der Waals surface area contributed by atoms with Crippen LogP contribution in [0.1, 0.15) is 28.6 Å². The Morgan fingerprint density at radius 1 is 1.20 bits per heavy atom. The zero-order valence-corrected chi connectivity index (χ0v) is 14.1. The van der Waals surface area contributed by atoms with Gasteiger partial charge >= 0.3 is 12.3 Å². The number of hydrogen-bond acceptors (Lipinski definition) is 5. The van der Waals surface area contributed by atoms with Gasteiger partial charge in [-0.25, -0.2) is 4.79 Å². The van der Waals surface area contributed by atoms with E-state index in [9.17, 15) is 18.0 Å². The molecule has 0 radical (unpaired) electrons. The van der Waals surface area contributed by atoms with Crippen molar-refractivity contribution in [3.8, 4) is 5.75 Å². The first-order valence-corrected chi connectivity index (χ1v) is 7.17. The maximum Gasteiger partial charge on any atom is 0.573 e. The number of alkyl halides is 3. The van der Waals surface area contributed by atoms with Crippen LogP contribution in [0.25, 0.3) is 0 Å². The molecule has 0 bridgehead atoms. The number of halogens is 4. The second kappa shape index (κ2) is 9.33. The van der Waals surface area contributed by atoms with Gasteiger partial charge in [-0.15, -0.1) is 25.6 Å². The Labute approximate surface area is 148 Å². The molecule has 0 fully saturated rings. The van der Waals surface area contributed by atoms with Gasteiger partial charge in [-0.1, -0.05) is 12.1 Å². The minimum atomic E-state index is -4.70. The molecule has 0 amide bonds. The lowest BCUT2D eigenvalue weighted by Crippen LogP contribution is -2.17. The van der Waals surface area contributed by atoms with E-state index in [4.69, 9.17) is 9.15 Å². The van der Waals surface area contributed by atoms with Gasteiger partial charge in [0, 0.05) is 6.54 Å². The minimum absolute atomic E-state index is 0. The van der Waals surface area contributed by atoms with E-state index in [0.29, 0.717) is 24.4 Å². The Morgan fingerprint density at radius 2 is 1.88 bits per heavy atom. The monoisotopic (exact) mass is 379 g/mol. The van der Waals surface area contributed by atoms with E-state index in [1.165, 1.54) is 30.5 Å². The first kappa shape index (κ1) is 20.9. The summed E-state index contributed by atoms with van der Waals surface area (Å²) >= 11 is 0. The number of carbonyl (C=O) groups is 1. The number of hydrogen-bond donors (Lipinski definition) is 1. The molecule has 1 aromatic carbocycles. The van der Waals surface area contributed by atoms with Gasteiger partial charge in [0.1, 0.15) is 17.8 Å². The van der Waals surface area contributed by atoms with E-state index in [-0.39, 0.29) is 24.8 Å². The van der Waals surface area contributed by atoms with E-state index >= 15 is 0 Å². The second-order valence-electron chi connectivity index (χ2n) is 4.82. The molecule has 5 nitrogen and oxygen atoms in total. The molecule has 0 aliphatic heterocycles. The second-order valence-corrected chi connectivity index (χ2v) is 4.82. The summed E-state index contributed by atoms with van der Waals surface area (Å²) in [6.07, 6.45) is -3.38. The molecular formula is C16H17ClF3NO4. The normalized spacial score (nSPS) is 10.9. The highest BCUT2D eigenvalue weighted by atomic mass is 35.5. The zero-order valence-electron chi connectivity index (χ0n) is 13.3. The first-order valence-electron chi connectivity index (χ1n) is 7.17. The molecule has 0 saturated heterocycles. The predicted octanol–water partition coefficient (Wildman–Crippen LogP) is 4.07. The maximum absolute atomic E-state index is 12.1. The Balaban J connectivity index is 0.00000312. The van der Waals surface area contributed by atoms with Crippen molar-refractivity contribution in [1.82, 2.24) is 5.32 Å². The third-order valence-electron chi connectivity index (χ3n) is 2.95. The summed E-state index contributed by atoms with van der Waals surface area (Å²) in [6, 6.07) is 7.12. The van der Waals surface area contributed by atoms with E-state index in [1.54, 1.807) is 13.0 Å². The van der Waals surface area contributed by atoms with Crippen LogP contribution in [0.2, 0.25) is 0 Å². The molecule has 0 spiro atoms. The van der Waals surface area contributed by atoms with Crippen molar-refractivity contribution < 1.29 is 31.9 Å². The minimum Gasteiger partial charge on any atom is -0.467 e. The molecule has 0 saturated carbocycles. The first-order chi connectivity index (χ1) is 11.4. The van der Waals surface area contributed by atoms with Crippen molar-refractivity contribution >= 4 is 18.4 Å². The number of benzene rings is 1. The smallest absolute Gasteiger partial charge is 0.467 e. The number of esters is 1. The van der Waals surface area contributed by atoms with Gasteiger partial charge in [0.15, 0.2) is 0 Å². The predicted molar refractivity (Wildman–Crippen MR) is 85.6 cm³/mol. The van der Waals surface area contributed by atoms with Crippen LogP contribution in [-0.2, 0) is 17.8 Å². The van der Waals surface area contributed by atoms with Gasteiger partial charge in [0.2, 0.25) is 0 Å². The largest absolute Gasteiger partial charge is 0.573 e. The number of nitrogens with one attached hydrogen (secondary N) is 1. The molecule has 138 valence electrons. The van der Waals surface area contributed by atoms with Crippen LogP contribution in [0.5, 0.6) is 5.75 Å². The van der Waals surface area contributed by atoms with Crippen LogP contribution < -0.4 is 10.1 Å². The molecule has 0 aliphatic carbocycles. The van der Waals surface area contributed by atoms with E-state index in [2.05, 4.69) is 10.1 Å². The van der Waals surface area contributed by atoms with E-state index < -0.39 is 12.3 Å². The van der Waals surface area contributed by atoms with Crippen LogP contribution in [-0.4, -0.2) is 18.9 Å². The third kappa shape index (κ3) is 7.06. The van der Waals surface area contributed by atoms with E-state index in [1.807, 2.05) is 0 Å². The van der Waals surface area contributed by atoms with Crippen molar-refractivity contribution in [3.05, 3.63) is 53.5 Å². The van der Waals surface area contributed by atoms with Gasteiger partial charge in [-0.05, 0) is 30.7 Å². The molecule has 2 aromatic rings. The summed E-state index contributed by atoms with van der Waals surface area (Å²) < 4.78 is 50.1. The molecule has 0 unspecified atom stereocenters. The van der Waals surface area contributed by atoms with Crippen LogP contribution in [0, 0.1) is 0 Å². The average Bonchev–Trinajstić information content (AvgIpc) is 2.97. The molecular weight excluding hydrogens is 363 g/mol. The summed E-state index contributed by atoms with van der Waals surface area (Å²) in [5.41, 5.74) is 1.11. The number of rotatable bonds is 7. The van der Waals surface area contributed by atoms with E-state index in [0.717, 1.165) is 5.56 Å². The Morgan fingerprint density at radius 3 is 2.48 bits per heavy atom. The summed E-state index contributed by atoms with van der Waals surface area (Å²) in [5.74, 6) is -0.167. The topological polar surface area (TPSA) is 60.7 Å². The Hall–Kier alpha value is -2.19. The molecule has 1 heterocycles. The fraction of sp³-hybridized carbons (Fsp3) is 0.312. The standard InChI is InChI=1S/C16H16F3NO4.ClH/c1-2-22-15(21)12-7-14(23-10-12)9-20-8-11-3-5-13(6-4-11)24-16(17,18)19;/h3-7,10,20H,2,8-9H2,1H3;1H. The lowest BCUT2D eigenvalue weighted by molar-refractivity contribution is -0.274. The fourth-order valence-corrected chi connectivity index (χ4v) is 1.93. The van der Waals surface area contributed by atoms with Gasteiger partial charge < -0.3 is 19.2 Å². The molecule has 9 heteroatoms. The Kier molecular flexibility index (Phi) is 7.79. The fourth-order valence-electron chi connectivity index (χ4n) is 1.93. The van der Waals surface area contributed by atoms with Gasteiger partial charge in [-0.3, -0.25) is 0 Å². The highest BCUT2D eigenvalue weighted by molar-refractivity contribution is 5.89. The van der Waals surface area contributed by atoms with Crippen molar-refractivity contribution in [1.29, 1.82) is 0 Å². The average molecular weight is 380 g/mol. The van der Waals surface area contributed by atoms with Crippen molar-refractivity contribution in [2.75, 3.05) is 6.61 Å². The van der Waals surface area contributed by atoms with Gasteiger partial charge in [0.25, 0.3) is 0 Å². The lowest BCUT2D eigenvalue weighted by atomic mass is 10.2.